The van der Waals surface area contributed by atoms with Crippen LogP contribution in [0.4, 0.5) is 0 Å². The summed E-state index contributed by atoms with van der Waals surface area (Å²) in [7, 11) is 2.89. The third-order valence-electron chi connectivity index (χ3n) is 1.35. The number of nitrogens with zero attached hydrogens (tertiary/aromatic N) is 3. The monoisotopic (exact) mass is 170 g/mol. The Morgan fingerprint density at radius 3 is 2.75 bits per heavy atom. The second-order valence-electron chi connectivity index (χ2n) is 2.23. The molecule has 66 valence electrons. The fraction of sp³-hybridized carbons (Fsp3) is 0.500. The number of hydrogen-bond donors (Lipinski definition) is 1. The highest BCUT2D eigenvalue weighted by Crippen LogP contribution is 1.96. The Labute approximate surface area is 69.5 Å². The van der Waals surface area contributed by atoms with Crippen molar-refractivity contribution in [1.82, 2.24) is 20.2 Å². The molecule has 0 aromatic carbocycles. The van der Waals surface area contributed by atoms with E-state index in [1.54, 1.807) is 6.92 Å². The molecule has 6 nitrogen and oxygen atoms in total. The molecule has 0 saturated heterocycles. The maximum Gasteiger partial charge on any atom is 0.316 e. The molecule has 0 bridgehead atoms. The van der Waals surface area contributed by atoms with E-state index in [1.165, 1.54) is 14.2 Å². The predicted octanol–water partition coefficient (Wildman–Crippen LogP) is -0.253. The summed E-state index contributed by atoms with van der Waals surface area (Å²) in [6.45, 7) is 1.72. The lowest BCUT2D eigenvalue weighted by molar-refractivity contribution is -0.0764. The van der Waals surface area contributed by atoms with Crippen molar-refractivity contribution in [2.45, 2.75) is 6.92 Å². The minimum atomic E-state index is -0.373. The zero-order chi connectivity index (χ0) is 9.14. The molecule has 0 radical (unpaired) electrons. The zero-order valence-corrected chi connectivity index (χ0v) is 7.16. The molecule has 1 N–H and O–H groups in total. The van der Waals surface area contributed by atoms with Gasteiger partial charge in [-0.15, -0.1) is 5.10 Å². The Morgan fingerprint density at radius 2 is 2.33 bits per heavy atom. The molecule has 1 amide bonds. The highest BCUT2D eigenvalue weighted by molar-refractivity contribution is 5.89. The number of hydrogen-bond acceptors (Lipinski definition) is 4. The minimum absolute atomic E-state index is 0.108. The van der Waals surface area contributed by atoms with Crippen LogP contribution in [0.5, 0.6) is 0 Å². The SMILES string of the molecule is CON(C)C(=O)c1n[nH]c(C)n1. The van der Waals surface area contributed by atoms with E-state index in [1.807, 2.05) is 0 Å². The van der Waals surface area contributed by atoms with Gasteiger partial charge in [-0.05, 0) is 6.92 Å². The summed E-state index contributed by atoms with van der Waals surface area (Å²) in [5, 5.41) is 7.30. The summed E-state index contributed by atoms with van der Waals surface area (Å²) in [4.78, 5) is 19.8. The first-order valence-corrected chi connectivity index (χ1v) is 3.36. The fourth-order valence-electron chi connectivity index (χ4n) is 0.662. The molecule has 0 atom stereocenters. The van der Waals surface area contributed by atoms with Gasteiger partial charge in [-0.2, -0.15) is 0 Å². The molecule has 12 heavy (non-hydrogen) atoms. The number of nitrogens with one attached hydrogen (secondary N) is 1. The second-order valence-corrected chi connectivity index (χ2v) is 2.23. The van der Waals surface area contributed by atoms with Gasteiger partial charge in [0.05, 0.1) is 7.11 Å². The van der Waals surface area contributed by atoms with Gasteiger partial charge in [0.25, 0.3) is 0 Å². The van der Waals surface area contributed by atoms with Gasteiger partial charge in [0.15, 0.2) is 0 Å². The molecule has 0 aliphatic heterocycles. The first-order chi connectivity index (χ1) is 5.65. The molecule has 1 heterocycles. The number of carbonyl (C=O) groups excluding carboxylic acids is 1. The van der Waals surface area contributed by atoms with Crippen LogP contribution >= 0.6 is 0 Å². The van der Waals surface area contributed by atoms with Crippen molar-refractivity contribution in [1.29, 1.82) is 0 Å². The van der Waals surface area contributed by atoms with Crippen LogP contribution in [0.3, 0.4) is 0 Å². The Hall–Kier alpha value is -1.43. The van der Waals surface area contributed by atoms with Gasteiger partial charge in [0, 0.05) is 7.05 Å². The summed E-state index contributed by atoms with van der Waals surface area (Å²) in [5.41, 5.74) is 0. The summed E-state index contributed by atoms with van der Waals surface area (Å²) >= 11 is 0. The number of carbonyl (C=O) groups is 1. The molecule has 1 aromatic heterocycles. The second kappa shape index (κ2) is 3.31. The van der Waals surface area contributed by atoms with Gasteiger partial charge in [0.1, 0.15) is 5.82 Å². The predicted molar refractivity (Wildman–Crippen MR) is 40.2 cm³/mol. The lowest BCUT2D eigenvalue weighted by atomic mass is 10.5. The Bertz CT molecular complexity index is 283. The van der Waals surface area contributed by atoms with E-state index in [2.05, 4.69) is 20.0 Å². The molecule has 0 unspecified atom stereocenters. The number of H-pyrrole nitrogens is 1. The van der Waals surface area contributed by atoms with Gasteiger partial charge in [-0.3, -0.25) is 14.7 Å². The van der Waals surface area contributed by atoms with Crippen molar-refractivity contribution < 1.29 is 9.63 Å². The molecule has 0 fully saturated rings. The van der Waals surface area contributed by atoms with Crippen molar-refractivity contribution in [2.24, 2.45) is 0 Å². The summed E-state index contributed by atoms with van der Waals surface area (Å²) in [6.07, 6.45) is 0. The van der Waals surface area contributed by atoms with E-state index in [0.29, 0.717) is 5.82 Å². The summed E-state index contributed by atoms with van der Waals surface area (Å²) in [6, 6.07) is 0. The standard InChI is InChI=1S/C6H10N4O2/c1-4-7-5(9-8-4)6(11)10(2)12-3/h1-3H3,(H,7,8,9). The van der Waals surface area contributed by atoms with Crippen LogP contribution in [0.25, 0.3) is 0 Å². The van der Waals surface area contributed by atoms with E-state index in [9.17, 15) is 4.79 Å². The third kappa shape index (κ3) is 1.59. The number of aryl methyl sites for hydroxylation is 1. The normalized spacial score (nSPS) is 9.92. The molecular weight excluding hydrogens is 160 g/mol. The number of rotatable bonds is 2. The van der Waals surface area contributed by atoms with Crippen LogP contribution < -0.4 is 0 Å². The van der Waals surface area contributed by atoms with Gasteiger partial charge >= 0.3 is 5.91 Å². The molecule has 6 heteroatoms. The van der Waals surface area contributed by atoms with E-state index in [4.69, 9.17) is 0 Å². The van der Waals surface area contributed by atoms with Crippen LogP contribution in [0.2, 0.25) is 0 Å². The quantitative estimate of drug-likeness (QED) is 0.621. The summed E-state index contributed by atoms with van der Waals surface area (Å²) < 4.78 is 0. The highest BCUT2D eigenvalue weighted by Gasteiger charge is 2.15. The van der Waals surface area contributed by atoms with Crippen molar-refractivity contribution in [3.8, 4) is 0 Å². The van der Waals surface area contributed by atoms with Crippen LogP contribution in [0.1, 0.15) is 16.4 Å². The van der Waals surface area contributed by atoms with E-state index < -0.39 is 0 Å². The number of aromatic amines is 1. The van der Waals surface area contributed by atoms with Gasteiger partial charge in [-0.25, -0.2) is 10.0 Å². The molecule has 0 saturated carbocycles. The van der Waals surface area contributed by atoms with Gasteiger partial charge < -0.3 is 0 Å². The van der Waals surface area contributed by atoms with Crippen molar-refractivity contribution in [3.63, 3.8) is 0 Å². The van der Waals surface area contributed by atoms with Crippen LogP contribution in [-0.4, -0.2) is 40.3 Å². The number of hydroxylamine groups is 2. The van der Waals surface area contributed by atoms with Gasteiger partial charge in [-0.1, -0.05) is 0 Å². The topological polar surface area (TPSA) is 71.1 Å². The first-order valence-electron chi connectivity index (χ1n) is 3.36. The molecule has 1 rings (SSSR count). The summed E-state index contributed by atoms with van der Waals surface area (Å²) in [5.74, 6) is 0.335. The largest absolute Gasteiger partial charge is 0.316 e. The Kier molecular flexibility index (Phi) is 2.39. The van der Waals surface area contributed by atoms with Crippen LogP contribution in [0, 0.1) is 6.92 Å². The molecule has 0 aliphatic carbocycles. The maximum atomic E-state index is 11.2. The maximum absolute atomic E-state index is 11.2. The van der Waals surface area contributed by atoms with Crippen LogP contribution in [-0.2, 0) is 4.84 Å². The first kappa shape index (κ1) is 8.66. The smallest absolute Gasteiger partial charge is 0.274 e. The minimum Gasteiger partial charge on any atom is -0.274 e. The fourth-order valence-corrected chi connectivity index (χ4v) is 0.662. The van der Waals surface area contributed by atoms with Crippen molar-refractivity contribution >= 4 is 5.91 Å². The molecule has 1 aromatic rings. The van der Waals surface area contributed by atoms with Crippen LogP contribution in [0.15, 0.2) is 0 Å². The molecule has 0 spiro atoms. The Balaban J connectivity index is 2.78. The van der Waals surface area contributed by atoms with Crippen molar-refractivity contribution in [3.05, 3.63) is 11.6 Å². The average Bonchev–Trinajstić information content (AvgIpc) is 2.49. The van der Waals surface area contributed by atoms with E-state index in [-0.39, 0.29) is 11.7 Å². The van der Waals surface area contributed by atoms with E-state index >= 15 is 0 Å². The third-order valence-corrected chi connectivity index (χ3v) is 1.35. The van der Waals surface area contributed by atoms with Crippen molar-refractivity contribution in [2.75, 3.05) is 14.2 Å². The highest BCUT2D eigenvalue weighted by atomic mass is 16.7. The average molecular weight is 170 g/mol. The van der Waals surface area contributed by atoms with E-state index in [0.717, 1.165) is 5.06 Å². The zero-order valence-electron chi connectivity index (χ0n) is 7.16. The lowest BCUT2D eigenvalue weighted by Gasteiger charge is -2.09. The lowest BCUT2D eigenvalue weighted by Crippen LogP contribution is -2.26. The molecular formula is C6H10N4O2. The van der Waals surface area contributed by atoms with Gasteiger partial charge in [0.2, 0.25) is 5.82 Å². The Morgan fingerprint density at radius 1 is 1.67 bits per heavy atom. The number of amides is 1. The number of aromatic nitrogens is 3. The molecule has 0 aliphatic rings.